The molecule has 1 atom stereocenters. The van der Waals surface area contributed by atoms with E-state index in [4.69, 9.17) is 28.3 Å². The lowest BCUT2D eigenvalue weighted by atomic mass is 10.0. The van der Waals surface area contributed by atoms with E-state index in [2.05, 4.69) is 10.6 Å². The van der Waals surface area contributed by atoms with Crippen LogP contribution in [0, 0.1) is 0 Å². The molecule has 1 unspecified atom stereocenters. The SMILES string of the molecule is CCC(Sc1cccc(NC(=O)c2ccc(C(=O)O)cc2C(=O)O)c1)C(=O)Nc1cccc(Cl)c1Cl. The minimum Gasteiger partial charge on any atom is -0.478 e. The summed E-state index contributed by atoms with van der Waals surface area (Å²) in [5, 5.41) is 24.0. The molecule has 0 aliphatic rings. The Morgan fingerprint density at radius 3 is 2.28 bits per heavy atom. The summed E-state index contributed by atoms with van der Waals surface area (Å²) in [5.74, 6) is -3.72. The number of aromatic carboxylic acids is 2. The minimum absolute atomic E-state index is 0.185. The van der Waals surface area contributed by atoms with Crippen LogP contribution in [0.2, 0.25) is 10.0 Å². The van der Waals surface area contributed by atoms with Gasteiger partial charge in [0.25, 0.3) is 5.91 Å². The van der Waals surface area contributed by atoms with Gasteiger partial charge in [-0.15, -0.1) is 11.8 Å². The first kappa shape index (κ1) is 27.1. The second-order valence-electron chi connectivity index (χ2n) is 7.46. The van der Waals surface area contributed by atoms with Crippen molar-refractivity contribution in [1.82, 2.24) is 0 Å². The van der Waals surface area contributed by atoms with Crippen LogP contribution in [0.3, 0.4) is 0 Å². The van der Waals surface area contributed by atoms with E-state index in [-0.39, 0.29) is 22.1 Å². The van der Waals surface area contributed by atoms with Gasteiger partial charge < -0.3 is 20.8 Å². The van der Waals surface area contributed by atoms with Crippen molar-refractivity contribution >= 4 is 70.1 Å². The van der Waals surface area contributed by atoms with E-state index in [1.807, 2.05) is 6.92 Å². The Bertz CT molecular complexity index is 1350. The van der Waals surface area contributed by atoms with E-state index in [1.165, 1.54) is 11.8 Å². The normalized spacial score (nSPS) is 11.4. The molecule has 0 aliphatic heterocycles. The number of thioether (sulfide) groups is 1. The van der Waals surface area contributed by atoms with Crippen molar-refractivity contribution in [2.75, 3.05) is 10.6 Å². The Morgan fingerprint density at radius 2 is 1.61 bits per heavy atom. The first-order valence-electron chi connectivity index (χ1n) is 10.5. The number of nitrogens with one attached hydrogen (secondary N) is 2. The van der Waals surface area contributed by atoms with Crippen LogP contribution < -0.4 is 10.6 Å². The Hall–Kier alpha value is -3.53. The summed E-state index contributed by atoms with van der Waals surface area (Å²) >= 11 is 13.4. The lowest BCUT2D eigenvalue weighted by molar-refractivity contribution is -0.115. The maximum Gasteiger partial charge on any atom is 0.336 e. The van der Waals surface area contributed by atoms with Crippen molar-refractivity contribution in [3.8, 4) is 0 Å². The van der Waals surface area contributed by atoms with Gasteiger partial charge in [-0.2, -0.15) is 0 Å². The molecule has 0 saturated carbocycles. The zero-order valence-electron chi connectivity index (χ0n) is 18.7. The highest BCUT2D eigenvalue weighted by Crippen LogP contribution is 2.32. The summed E-state index contributed by atoms with van der Waals surface area (Å²) in [4.78, 5) is 49.0. The van der Waals surface area contributed by atoms with Gasteiger partial charge in [0, 0.05) is 10.6 Å². The van der Waals surface area contributed by atoms with Gasteiger partial charge in [-0.05, 0) is 55.0 Å². The molecule has 2 amide bonds. The van der Waals surface area contributed by atoms with E-state index in [0.717, 1.165) is 18.2 Å². The summed E-state index contributed by atoms with van der Waals surface area (Å²) in [6.07, 6.45) is 0.503. The van der Waals surface area contributed by atoms with Gasteiger partial charge in [-0.25, -0.2) is 9.59 Å². The third-order valence-corrected chi connectivity index (χ3v) is 7.16. The number of hydrogen-bond acceptors (Lipinski definition) is 5. The fourth-order valence-corrected chi connectivity index (χ4v) is 4.56. The van der Waals surface area contributed by atoms with Gasteiger partial charge in [0.15, 0.2) is 0 Å². The third kappa shape index (κ3) is 6.57. The summed E-state index contributed by atoms with van der Waals surface area (Å²) in [5.41, 5.74) is -0.0884. The van der Waals surface area contributed by atoms with Crippen LogP contribution in [0.5, 0.6) is 0 Å². The van der Waals surface area contributed by atoms with Crippen molar-refractivity contribution in [2.45, 2.75) is 23.5 Å². The molecule has 3 rings (SSSR count). The molecule has 8 nitrogen and oxygen atoms in total. The first-order valence-corrected chi connectivity index (χ1v) is 12.2. The molecule has 11 heteroatoms. The number of carboxylic acids is 2. The molecule has 0 heterocycles. The smallest absolute Gasteiger partial charge is 0.336 e. The van der Waals surface area contributed by atoms with Gasteiger partial charge in [-0.1, -0.05) is 42.3 Å². The largest absolute Gasteiger partial charge is 0.478 e. The molecule has 3 aromatic rings. The van der Waals surface area contributed by atoms with Crippen LogP contribution in [0.15, 0.2) is 65.6 Å². The number of carboxylic acid groups (broad SMARTS) is 2. The second-order valence-corrected chi connectivity index (χ2v) is 9.52. The van der Waals surface area contributed by atoms with E-state index < -0.39 is 28.7 Å². The molecule has 4 N–H and O–H groups in total. The summed E-state index contributed by atoms with van der Waals surface area (Å²) < 4.78 is 0. The Kier molecular flexibility index (Phi) is 8.98. The first-order chi connectivity index (χ1) is 17.1. The second kappa shape index (κ2) is 11.9. The minimum atomic E-state index is -1.43. The maximum atomic E-state index is 12.8. The molecule has 0 saturated heterocycles. The average Bonchev–Trinajstić information content (AvgIpc) is 2.85. The zero-order chi connectivity index (χ0) is 26.4. The lowest BCUT2D eigenvalue weighted by Crippen LogP contribution is -2.24. The molecule has 0 aliphatic carbocycles. The highest BCUT2D eigenvalue weighted by molar-refractivity contribution is 8.00. The average molecular weight is 547 g/mol. The monoisotopic (exact) mass is 546 g/mol. The van der Waals surface area contributed by atoms with Gasteiger partial charge in [0.2, 0.25) is 5.91 Å². The summed E-state index contributed by atoms with van der Waals surface area (Å²) in [6.45, 7) is 1.86. The molecule has 0 spiro atoms. The highest BCUT2D eigenvalue weighted by atomic mass is 35.5. The van der Waals surface area contributed by atoms with Gasteiger partial charge in [0.05, 0.1) is 37.7 Å². The molecule has 0 fully saturated rings. The number of hydrogen-bond donors (Lipinski definition) is 4. The number of halogens is 2. The topological polar surface area (TPSA) is 133 Å². The molecule has 0 radical (unpaired) electrons. The van der Waals surface area contributed by atoms with Crippen molar-refractivity contribution in [1.29, 1.82) is 0 Å². The van der Waals surface area contributed by atoms with E-state index in [9.17, 15) is 24.3 Å². The Labute approximate surface area is 220 Å². The van der Waals surface area contributed by atoms with E-state index in [0.29, 0.717) is 27.7 Å². The molecule has 186 valence electrons. The predicted octanol–water partition coefficient (Wildman–Crippen LogP) is 6.15. The van der Waals surface area contributed by atoms with E-state index >= 15 is 0 Å². The van der Waals surface area contributed by atoms with Crippen LogP contribution in [-0.4, -0.2) is 39.2 Å². The highest BCUT2D eigenvalue weighted by Gasteiger charge is 2.21. The summed E-state index contributed by atoms with van der Waals surface area (Å²) in [6, 6.07) is 14.9. The van der Waals surface area contributed by atoms with Crippen molar-refractivity contribution in [3.63, 3.8) is 0 Å². The molecular weight excluding hydrogens is 527 g/mol. The standard InChI is InChI=1S/C25H20Cl2N2O6S/c1-2-20(23(31)29-19-8-4-7-18(26)21(19)27)36-15-6-3-5-14(12-15)28-22(30)16-10-9-13(24(32)33)11-17(16)25(34)35/h3-12,20H,2H2,1H3,(H,28,30)(H,29,31)(H,32,33)(H,34,35). The number of carbonyl (C=O) groups excluding carboxylic acids is 2. The fraction of sp³-hybridized carbons (Fsp3) is 0.120. The number of benzene rings is 3. The van der Waals surface area contributed by atoms with Crippen LogP contribution in [0.1, 0.15) is 44.4 Å². The van der Waals surface area contributed by atoms with E-state index in [1.54, 1.807) is 42.5 Å². The van der Waals surface area contributed by atoms with Crippen LogP contribution in [-0.2, 0) is 4.79 Å². The zero-order valence-corrected chi connectivity index (χ0v) is 21.1. The number of rotatable bonds is 9. The van der Waals surface area contributed by atoms with Crippen LogP contribution >= 0.6 is 35.0 Å². The molecule has 3 aromatic carbocycles. The van der Waals surface area contributed by atoms with Crippen molar-refractivity contribution in [3.05, 3.63) is 87.4 Å². The number of anilines is 2. The number of amides is 2. The number of carbonyl (C=O) groups is 4. The van der Waals surface area contributed by atoms with Gasteiger partial charge in [-0.3, -0.25) is 9.59 Å². The van der Waals surface area contributed by atoms with Gasteiger partial charge in [0.1, 0.15) is 0 Å². The molecular formula is C25H20Cl2N2O6S. The Morgan fingerprint density at radius 1 is 0.889 bits per heavy atom. The van der Waals surface area contributed by atoms with Crippen LogP contribution in [0.4, 0.5) is 11.4 Å². The molecule has 36 heavy (non-hydrogen) atoms. The molecule has 0 bridgehead atoms. The Balaban J connectivity index is 1.75. The fourth-order valence-electron chi connectivity index (χ4n) is 3.20. The quantitative estimate of drug-likeness (QED) is 0.236. The lowest BCUT2D eigenvalue weighted by Gasteiger charge is -2.16. The summed E-state index contributed by atoms with van der Waals surface area (Å²) in [7, 11) is 0. The van der Waals surface area contributed by atoms with Crippen LogP contribution in [0.25, 0.3) is 0 Å². The van der Waals surface area contributed by atoms with Crippen molar-refractivity contribution in [2.24, 2.45) is 0 Å². The van der Waals surface area contributed by atoms with Gasteiger partial charge >= 0.3 is 11.9 Å². The maximum absolute atomic E-state index is 12.8. The molecule has 0 aromatic heterocycles. The van der Waals surface area contributed by atoms with Crippen molar-refractivity contribution < 1.29 is 29.4 Å². The predicted molar refractivity (Wildman–Crippen MR) is 140 cm³/mol. The third-order valence-electron chi connectivity index (χ3n) is 4.98.